The Labute approximate surface area is 136 Å². The molecule has 2 aromatic heterocycles. The van der Waals surface area contributed by atoms with E-state index < -0.39 is 0 Å². The summed E-state index contributed by atoms with van der Waals surface area (Å²) in [5, 5.41) is 3.67. The summed E-state index contributed by atoms with van der Waals surface area (Å²) in [4.78, 5) is 1.20. The highest BCUT2D eigenvalue weighted by atomic mass is 35.5. The first-order chi connectivity index (χ1) is 9.99. The molecular formula is C17H24ClNOS. The van der Waals surface area contributed by atoms with Gasteiger partial charge in [-0.2, -0.15) is 0 Å². The van der Waals surface area contributed by atoms with Crippen LogP contribution in [0.5, 0.6) is 0 Å². The molecule has 0 fully saturated rings. The van der Waals surface area contributed by atoms with Crippen molar-refractivity contribution in [3.8, 4) is 0 Å². The van der Waals surface area contributed by atoms with Crippen molar-refractivity contribution in [2.24, 2.45) is 17.8 Å². The average molecular weight is 326 g/mol. The van der Waals surface area contributed by atoms with E-state index in [1.54, 1.807) is 17.6 Å². The van der Waals surface area contributed by atoms with Gasteiger partial charge in [0.1, 0.15) is 11.8 Å². The minimum atomic E-state index is 0.0810. The first-order valence-corrected chi connectivity index (χ1v) is 8.70. The van der Waals surface area contributed by atoms with E-state index in [1.165, 1.54) is 4.88 Å². The zero-order valence-corrected chi connectivity index (χ0v) is 14.7. The lowest BCUT2D eigenvalue weighted by Crippen LogP contribution is -2.32. The lowest BCUT2D eigenvalue weighted by Gasteiger charge is -2.27. The minimum absolute atomic E-state index is 0.0810. The van der Waals surface area contributed by atoms with Gasteiger partial charge in [-0.1, -0.05) is 39.3 Å². The highest BCUT2D eigenvalue weighted by Crippen LogP contribution is 2.32. The van der Waals surface area contributed by atoms with Crippen LogP contribution in [0, 0.1) is 17.8 Å². The van der Waals surface area contributed by atoms with E-state index in [0.717, 1.165) is 16.6 Å². The third kappa shape index (κ3) is 4.35. The number of furan rings is 1. The molecule has 0 aromatic carbocycles. The van der Waals surface area contributed by atoms with Gasteiger partial charge in [-0.3, -0.25) is 0 Å². The minimum Gasteiger partial charge on any atom is -0.467 e. The fourth-order valence-corrected chi connectivity index (χ4v) is 3.92. The highest BCUT2D eigenvalue weighted by Gasteiger charge is 2.23. The molecule has 0 aliphatic heterocycles. The van der Waals surface area contributed by atoms with E-state index >= 15 is 0 Å². The molecule has 2 heterocycles. The standard InChI is InChI=1S/C17H24ClNOS/c1-11(2)13(12(3)4)10-19-17(14-6-5-9-20-14)15-7-8-16(18)21-15/h5-9,11-13,17,19H,10H2,1-4H3. The maximum Gasteiger partial charge on any atom is 0.126 e. The van der Waals surface area contributed by atoms with Crippen LogP contribution in [0.25, 0.3) is 0 Å². The molecule has 0 bridgehead atoms. The van der Waals surface area contributed by atoms with Crippen LogP contribution in [0.1, 0.15) is 44.4 Å². The molecule has 2 rings (SSSR count). The lowest BCUT2D eigenvalue weighted by molar-refractivity contribution is 0.266. The third-order valence-electron chi connectivity index (χ3n) is 3.98. The topological polar surface area (TPSA) is 25.2 Å². The van der Waals surface area contributed by atoms with Crippen LogP contribution in [-0.4, -0.2) is 6.54 Å². The summed E-state index contributed by atoms with van der Waals surface area (Å²) in [6.07, 6.45) is 1.72. The summed E-state index contributed by atoms with van der Waals surface area (Å²) in [5.41, 5.74) is 0. The van der Waals surface area contributed by atoms with Crippen LogP contribution in [0.15, 0.2) is 34.9 Å². The van der Waals surface area contributed by atoms with E-state index in [0.29, 0.717) is 17.8 Å². The summed E-state index contributed by atoms with van der Waals surface area (Å²) >= 11 is 7.70. The maximum absolute atomic E-state index is 6.09. The van der Waals surface area contributed by atoms with Crippen LogP contribution in [0.3, 0.4) is 0 Å². The molecular weight excluding hydrogens is 302 g/mol. The van der Waals surface area contributed by atoms with E-state index in [9.17, 15) is 0 Å². The fraction of sp³-hybridized carbons (Fsp3) is 0.529. The molecule has 1 unspecified atom stereocenters. The summed E-state index contributed by atoms with van der Waals surface area (Å²) in [7, 11) is 0. The molecule has 2 nitrogen and oxygen atoms in total. The molecule has 0 radical (unpaired) electrons. The summed E-state index contributed by atoms with van der Waals surface area (Å²) in [5.74, 6) is 2.89. The SMILES string of the molecule is CC(C)C(CNC(c1ccco1)c1ccc(Cl)s1)C(C)C. The third-order valence-corrected chi connectivity index (χ3v) is 5.27. The average Bonchev–Trinajstić information content (AvgIpc) is 3.05. The van der Waals surface area contributed by atoms with Gasteiger partial charge in [-0.05, 0) is 48.6 Å². The Morgan fingerprint density at radius 2 is 1.86 bits per heavy atom. The van der Waals surface area contributed by atoms with Gasteiger partial charge in [-0.25, -0.2) is 0 Å². The summed E-state index contributed by atoms with van der Waals surface area (Å²) < 4.78 is 6.43. The second kappa shape index (κ2) is 7.48. The molecule has 0 saturated heterocycles. The predicted octanol–water partition coefficient (Wildman–Crippen LogP) is 5.60. The molecule has 21 heavy (non-hydrogen) atoms. The van der Waals surface area contributed by atoms with Crippen molar-refractivity contribution in [3.05, 3.63) is 45.5 Å². The molecule has 0 aliphatic carbocycles. The van der Waals surface area contributed by atoms with Crippen molar-refractivity contribution in [3.63, 3.8) is 0 Å². The summed E-state index contributed by atoms with van der Waals surface area (Å²) in [6.45, 7) is 10.1. The van der Waals surface area contributed by atoms with Crippen molar-refractivity contribution in [1.82, 2.24) is 5.32 Å². The zero-order chi connectivity index (χ0) is 15.4. The van der Waals surface area contributed by atoms with Crippen LogP contribution >= 0.6 is 22.9 Å². The van der Waals surface area contributed by atoms with Crippen LogP contribution in [0.4, 0.5) is 0 Å². The number of rotatable bonds is 7. The molecule has 1 N–H and O–H groups in total. The first-order valence-electron chi connectivity index (χ1n) is 7.51. The molecule has 0 spiro atoms. The van der Waals surface area contributed by atoms with Gasteiger partial charge in [0, 0.05) is 4.88 Å². The summed E-state index contributed by atoms with van der Waals surface area (Å²) in [6, 6.07) is 8.05. The van der Waals surface area contributed by atoms with Crippen molar-refractivity contribution < 1.29 is 4.42 Å². The first kappa shape index (κ1) is 16.6. The molecule has 2 aromatic rings. The van der Waals surface area contributed by atoms with Gasteiger partial charge in [0.05, 0.1) is 10.6 Å². The molecule has 1 atom stereocenters. The van der Waals surface area contributed by atoms with E-state index in [4.69, 9.17) is 16.0 Å². The van der Waals surface area contributed by atoms with Gasteiger partial charge in [0.15, 0.2) is 0 Å². The Kier molecular flexibility index (Phi) is 5.91. The second-order valence-corrected chi connectivity index (χ2v) is 7.90. The highest BCUT2D eigenvalue weighted by molar-refractivity contribution is 7.16. The Bertz CT molecular complexity index is 525. The second-order valence-electron chi connectivity index (χ2n) is 6.15. The fourth-order valence-electron chi connectivity index (χ4n) is 2.78. The molecule has 0 saturated carbocycles. The Hall–Kier alpha value is -0.770. The predicted molar refractivity (Wildman–Crippen MR) is 91.0 cm³/mol. The van der Waals surface area contributed by atoms with Crippen molar-refractivity contribution in [2.45, 2.75) is 33.7 Å². The number of hydrogen-bond donors (Lipinski definition) is 1. The quantitative estimate of drug-likeness (QED) is 0.716. The van der Waals surface area contributed by atoms with E-state index in [-0.39, 0.29) is 6.04 Å². The molecule has 0 aliphatic rings. The van der Waals surface area contributed by atoms with Gasteiger partial charge in [-0.15, -0.1) is 11.3 Å². The number of thiophene rings is 1. The van der Waals surface area contributed by atoms with Crippen molar-refractivity contribution in [1.29, 1.82) is 0 Å². The number of nitrogens with one attached hydrogen (secondary N) is 1. The molecule has 0 amide bonds. The molecule has 116 valence electrons. The maximum atomic E-state index is 6.09. The zero-order valence-electron chi connectivity index (χ0n) is 13.1. The van der Waals surface area contributed by atoms with Gasteiger partial charge in [0.25, 0.3) is 0 Å². The largest absolute Gasteiger partial charge is 0.467 e. The van der Waals surface area contributed by atoms with Crippen LogP contribution in [0.2, 0.25) is 4.34 Å². The van der Waals surface area contributed by atoms with Gasteiger partial charge >= 0.3 is 0 Å². The van der Waals surface area contributed by atoms with E-state index in [2.05, 4.69) is 39.1 Å². The normalized spacial score (nSPS) is 13.5. The van der Waals surface area contributed by atoms with Crippen molar-refractivity contribution in [2.75, 3.05) is 6.54 Å². The van der Waals surface area contributed by atoms with E-state index in [1.807, 2.05) is 18.2 Å². The number of halogens is 1. The van der Waals surface area contributed by atoms with Crippen LogP contribution in [-0.2, 0) is 0 Å². The van der Waals surface area contributed by atoms with Gasteiger partial charge in [0.2, 0.25) is 0 Å². The number of hydrogen-bond acceptors (Lipinski definition) is 3. The van der Waals surface area contributed by atoms with Crippen molar-refractivity contribution >= 4 is 22.9 Å². The lowest BCUT2D eigenvalue weighted by atomic mass is 9.85. The Morgan fingerprint density at radius 3 is 2.33 bits per heavy atom. The smallest absolute Gasteiger partial charge is 0.126 e. The molecule has 4 heteroatoms. The Morgan fingerprint density at radius 1 is 1.14 bits per heavy atom. The van der Waals surface area contributed by atoms with Gasteiger partial charge < -0.3 is 9.73 Å². The van der Waals surface area contributed by atoms with Crippen LogP contribution < -0.4 is 5.32 Å². The Balaban J connectivity index is 2.14. The monoisotopic (exact) mass is 325 g/mol.